The Kier molecular flexibility index (Phi) is 6.85. The van der Waals surface area contributed by atoms with Gasteiger partial charge in [-0.05, 0) is 24.3 Å². The summed E-state index contributed by atoms with van der Waals surface area (Å²) in [5.74, 6) is -4.29. The summed E-state index contributed by atoms with van der Waals surface area (Å²) >= 11 is 5.74. The fourth-order valence-corrected chi connectivity index (χ4v) is 3.21. The lowest BCUT2D eigenvalue weighted by Crippen LogP contribution is -2.26. The summed E-state index contributed by atoms with van der Waals surface area (Å²) in [4.78, 5) is 25.1. The molecule has 37 heavy (non-hydrogen) atoms. The van der Waals surface area contributed by atoms with E-state index in [2.05, 4.69) is 19.3 Å². The molecule has 0 bridgehead atoms. The van der Waals surface area contributed by atoms with E-state index in [0.29, 0.717) is 22.9 Å². The maximum absolute atomic E-state index is 13.7. The Morgan fingerprint density at radius 1 is 1.22 bits per heavy atom. The number of carbonyl (C=O) groups excluding carboxylic acids is 1. The van der Waals surface area contributed by atoms with Crippen LogP contribution < -0.4 is 20.3 Å². The summed E-state index contributed by atoms with van der Waals surface area (Å²) in [5, 5.41) is 4.73. The highest BCUT2D eigenvalue weighted by Gasteiger charge is 2.35. The van der Waals surface area contributed by atoms with E-state index in [0.717, 1.165) is 24.4 Å². The Balaban J connectivity index is 2.01. The maximum atomic E-state index is 13.7. The molecule has 0 saturated carbocycles. The van der Waals surface area contributed by atoms with Gasteiger partial charge in [0.1, 0.15) is 11.6 Å². The lowest BCUT2D eigenvalue weighted by molar-refractivity contribution is -0.137. The molecule has 0 aliphatic heterocycles. The first-order chi connectivity index (χ1) is 18.3. The van der Waals surface area contributed by atoms with Gasteiger partial charge >= 0.3 is 16.6 Å². The van der Waals surface area contributed by atoms with Gasteiger partial charge in [0, 0.05) is 12.1 Å². The molecule has 0 atom stereocenters. The van der Waals surface area contributed by atoms with E-state index in [1.807, 2.05) is 0 Å². The lowest BCUT2D eigenvalue weighted by atomic mass is 10.1. The van der Waals surface area contributed by atoms with Crippen molar-refractivity contribution in [2.75, 3.05) is 12.4 Å². The molecule has 0 saturated heterocycles. The number of halogens is 5. The van der Waals surface area contributed by atoms with Crippen LogP contribution in [0.5, 0.6) is 17.2 Å². The molecule has 198 valence electrons. The Bertz CT molecular complexity index is 1620. The van der Waals surface area contributed by atoms with E-state index in [-0.39, 0.29) is 5.69 Å². The number of nitrogens with one attached hydrogen (secondary N) is 1. The molecular formula is C20H14ClF4N3O8S. The standard InChI is InChI=1S/C20H14ClF4N3O8S/c1-34-17-4-10(22)2-3-15(17)36-16-7-13(20(23,24)25)14(21)6-12(16)19(30)27-11-5-18(29)28(26-8-11)9-35-37(31,32)33/h2-8H,9H2,1H3,(H,27,30)(H,31,32,33)/i1D3. The Morgan fingerprint density at radius 3 is 2.57 bits per heavy atom. The van der Waals surface area contributed by atoms with Gasteiger partial charge in [-0.25, -0.2) is 13.3 Å². The van der Waals surface area contributed by atoms with Gasteiger partial charge in [-0.3, -0.25) is 14.1 Å². The normalized spacial score (nSPS) is 13.3. The van der Waals surface area contributed by atoms with Crippen molar-refractivity contribution in [2.45, 2.75) is 12.9 Å². The van der Waals surface area contributed by atoms with Crippen LogP contribution >= 0.6 is 11.6 Å². The second-order valence-electron chi connectivity index (χ2n) is 6.83. The summed E-state index contributed by atoms with van der Waals surface area (Å²) in [6.07, 6.45) is -4.19. The molecule has 0 unspecified atom stereocenters. The van der Waals surface area contributed by atoms with Crippen molar-refractivity contribution >= 4 is 33.6 Å². The second-order valence-corrected chi connectivity index (χ2v) is 8.33. The van der Waals surface area contributed by atoms with Crippen LogP contribution in [0, 0.1) is 5.82 Å². The Morgan fingerprint density at radius 2 is 1.95 bits per heavy atom. The van der Waals surface area contributed by atoms with Crippen molar-refractivity contribution in [3.63, 3.8) is 0 Å². The number of methoxy groups -OCH3 is 1. The third-order valence-corrected chi connectivity index (χ3v) is 5.02. The smallest absolute Gasteiger partial charge is 0.417 e. The van der Waals surface area contributed by atoms with E-state index in [9.17, 15) is 35.6 Å². The zero-order valence-electron chi connectivity index (χ0n) is 20.7. The molecule has 1 heterocycles. The number of anilines is 1. The van der Waals surface area contributed by atoms with Crippen LogP contribution in [0.3, 0.4) is 0 Å². The highest BCUT2D eigenvalue weighted by atomic mass is 35.5. The van der Waals surface area contributed by atoms with Gasteiger partial charge in [-0.1, -0.05) is 11.6 Å². The number of carbonyl (C=O) groups is 1. The first-order valence-electron chi connectivity index (χ1n) is 10.9. The fourth-order valence-electron chi connectivity index (χ4n) is 2.71. The van der Waals surface area contributed by atoms with Crippen LogP contribution in [-0.2, 0) is 27.5 Å². The van der Waals surface area contributed by atoms with Gasteiger partial charge in [-0.15, -0.1) is 0 Å². The van der Waals surface area contributed by atoms with Gasteiger partial charge in [0.05, 0.1) is 39.2 Å². The summed E-state index contributed by atoms with van der Waals surface area (Å²) in [6, 6.07) is 3.87. The fraction of sp³-hybridized carbons (Fsp3) is 0.150. The Labute approximate surface area is 214 Å². The number of amides is 1. The SMILES string of the molecule is [2H]C([2H])([2H])Oc1cc(F)ccc1Oc1cc(C(F)(F)F)c(Cl)cc1C(=O)Nc1cnn(COS(=O)(=O)O)c(=O)c1. The summed E-state index contributed by atoms with van der Waals surface area (Å²) < 4.78 is 120. The number of rotatable bonds is 8. The number of alkyl halides is 3. The van der Waals surface area contributed by atoms with Crippen LogP contribution in [0.15, 0.2) is 47.4 Å². The minimum absolute atomic E-state index is 0.326. The van der Waals surface area contributed by atoms with E-state index in [1.54, 1.807) is 0 Å². The van der Waals surface area contributed by atoms with Crippen LogP contribution in [-0.4, -0.2) is 35.7 Å². The van der Waals surface area contributed by atoms with Gasteiger partial charge < -0.3 is 14.8 Å². The monoisotopic (exact) mass is 570 g/mol. The van der Waals surface area contributed by atoms with Crippen LogP contribution in [0.1, 0.15) is 20.0 Å². The molecule has 2 N–H and O–H groups in total. The third-order valence-electron chi connectivity index (χ3n) is 4.31. The van der Waals surface area contributed by atoms with Gasteiger partial charge in [0.2, 0.25) is 0 Å². The summed E-state index contributed by atoms with van der Waals surface area (Å²) in [7, 11) is -8.01. The largest absolute Gasteiger partial charge is 0.493 e. The third kappa shape index (κ3) is 7.16. The number of hydrogen-bond acceptors (Lipinski definition) is 8. The first-order valence-corrected chi connectivity index (χ1v) is 11.1. The molecule has 17 heteroatoms. The molecule has 1 aromatic heterocycles. The average Bonchev–Trinajstić information content (AvgIpc) is 2.78. The average molecular weight is 571 g/mol. The van der Waals surface area contributed by atoms with Crippen molar-refractivity contribution in [3.8, 4) is 17.2 Å². The van der Waals surface area contributed by atoms with Crippen molar-refractivity contribution in [1.82, 2.24) is 9.78 Å². The van der Waals surface area contributed by atoms with Gasteiger partial charge in [-0.2, -0.15) is 26.7 Å². The minimum Gasteiger partial charge on any atom is -0.493 e. The van der Waals surface area contributed by atoms with E-state index in [1.165, 1.54) is 0 Å². The lowest BCUT2D eigenvalue weighted by Gasteiger charge is -2.17. The quantitative estimate of drug-likeness (QED) is 0.304. The van der Waals surface area contributed by atoms with E-state index >= 15 is 0 Å². The minimum atomic E-state index is -5.02. The zero-order chi connectivity index (χ0) is 30.0. The molecule has 0 spiro atoms. The van der Waals surface area contributed by atoms with Crippen molar-refractivity contribution in [3.05, 3.63) is 74.9 Å². The highest BCUT2D eigenvalue weighted by Crippen LogP contribution is 2.41. The van der Waals surface area contributed by atoms with Crippen LogP contribution in [0.2, 0.25) is 5.02 Å². The van der Waals surface area contributed by atoms with Crippen molar-refractivity contribution < 1.29 is 53.1 Å². The van der Waals surface area contributed by atoms with Crippen LogP contribution in [0.4, 0.5) is 23.2 Å². The molecule has 0 radical (unpaired) electrons. The first kappa shape index (κ1) is 23.7. The molecule has 0 aliphatic rings. The summed E-state index contributed by atoms with van der Waals surface area (Å²) in [5.41, 5.74) is -3.44. The van der Waals surface area contributed by atoms with E-state index in [4.69, 9.17) is 25.0 Å². The molecule has 3 aromatic rings. The number of aromatic nitrogens is 2. The Hall–Kier alpha value is -3.73. The van der Waals surface area contributed by atoms with Gasteiger partial charge in [0.25, 0.3) is 11.5 Å². The van der Waals surface area contributed by atoms with Crippen molar-refractivity contribution in [2.24, 2.45) is 0 Å². The van der Waals surface area contributed by atoms with Crippen molar-refractivity contribution in [1.29, 1.82) is 0 Å². The van der Waals surface area contributed by atoms with Crippen LogP contribution in [0.25, 0.3) is 0 Å². The number of hydrogen-bond donors (Lipinski definition) is 2. The molecule has 0 aliphatic carbocycles. The van der Waals surface area contributed by atoms with Gasteiger partial charge in [0.15, 0.2) is 18.2 Å². The molecule has 0 fully saturated rings. The maximum Gasteiger partial charge on any atom is 0.417 e. The number of ether oxygens (including phenoxy) is 2. The molecule has 3 rings (SSSR count). The highest BCUT2D eigenvalue weighted by molar-refractivity contribution is 7.80. The predicted octanol–water partition coefficient (Wildman–Crippen LogP) is 3.88. The molecule has 1 amide bonds. The predicted molar refractivity (Wildman–Crippen MR) is 119 cm³/mol. The molecule has 2 aromatic carbocycles. The number of benzene rings is 2. The summed E-state index contributed by atoms with van der Waals surface area (Å²) in [6.45, 7) is -1.02. The van der Waals surface area contributed by atoms with E-state index < -0.39 is 81.0 Å². The molecule has 11 nitrogen and oxygen atoms in total. The zero-order valence-corrected chi connectivity index (χ0v) is 19.3. The topological polar surface area (TPSA) is 146 Å². The number of nitrogens with zero attached hydrogens (tertiary/aromatic N) is 2. The molecular weight excluding hydrogens is 554 g/mol. The second kappa shape index (κ2) is 10.7.